The zero-order valence-corrected chi connectivity index (χ0v) is 10.5. The van der Waals surface area contributed by atoms with Crippen LogP contribution in [-0.4, -0.2) is 22.6 Å². The Balaban J connectivity index is 1.71. The summed E-state index contributed by atoms with van der Waals surface area (Å²) >= 11 is 0. The van der Waals surface area contributed by atoms with Gasteiger partial charge in [-0.05, 0) is 18.6 Å². The smallest absolute Gasteiger partial charge is 0.222 e. The second kappa shape index (κ2) is 6.71. The molecule has 1 aromatic heterocycles. The molecule has 94 valence electrons. The van der Waals surface area contributed by atoms with Crippen molar-refractivity contribution in [3.63, 3.8) is 0 Å². The minimum atomic E-state index is 0.356. The number of aromatic nitrogens is 2. The molecule has 0 saturated heterocycles. The zero-order chi connectivity index (χ0) is 12.6. The lowest BCUT2D eigenvalue weighted by Crippen LogP contribution is -2.32. The van der Waals surface area contributed by atoms with Crippen LogP contribution in [0.3, 0.4) is 0 Å². The first-order chi connectivity index (χ1) is 8.84. The number of nitrogens with zero attached hydrogens (tertiary/aromatic N) is 2. The van der Waals surface area contributed by atoms with Crippen LogP contribution in [0.4, 0.5) is 5.95 Å². The molecule has 0 spiro atoms. The largest absolute Gasteiger partial charge is 0.353 e. The van der Waals surface area contributed by atoms with Gasteiger partial charge < -0.3 is 10.6 Å². The molecule has 1 aromatic carbocycles. The molecule has 2 N–H and O–H groups in total. The van der Waals surface area contributed by atoms with Gasteiger partial charge >= 0.3 is 0 Å². The number of benzene rings is 1. The van der Waals surface area contributed by atoms with E-state index in [1.54, 1.807) is 12.4 Å². The van der Waals surface area contributed by atoms with Crippen LogP contribution in [-0.2, 0) is 6.54 Å². The molecule has 2 aromatic rings. The Hall–Kier alpha value is -1.94. The fourth-order valence-electron chi connectivity index (χ4n) is 1.59. The molecule has 2 rings (SSSR count). The van der Waals surface area contributed by atoms with Crippen molar-refractivity contribution < 1.29 is 0 Å². The van der Waals surface area contributed by atoms with Crippen molar-refractivity contribution in [2.45, 2.75) is 19.5 Å². The summed E-state index contributed by atoms with van der Waals surface area (Å²) in [6, 6.07) is 12.5. The quantitative estimate of drug-likeness (QED) is 0.814. The van der Waals surface area contributed by atoms with Gasteiger partial charge in [-0.1, -0.05) is 30.3 Å². The average Bonchev–Trinajstić information content (AvgIpc) is 2.45. The first-order valence-electron chi connectivity index (χ1n) is 6.13. The third kappa shape index (κ3) is 4.14. The topological polar surface area (TPSA) is 49.8 Å². The SMILES string of the molecule is CC(CNc1ncccn1)NCc1ccccc1. The molecule has 1 heterocycles. The van der Waals surface area contributed by atoms with E-state index in [1.807, 2.05) is 12.1 Å². The van der Waals surface area contributed by atoms with E-state index in [2.05, 4.69) is 51.8 Å². The minimum Gasteiger partial charge on any atom is -0.353 e. The predicted molar refractivity (Wildman–Crippen MR) is 73.3 cm³/mol. The number of nitrogens with one attached hydrogen (secondary N) is 2. The predicted octanol–water partition coefficient (Wildman–Crippen LogP) is 2.07. The van der Waals surface area contributed by atoms with Gasteiger partial charge in [0.2, 0.25) is 5.95 Å². The van der Waals surface area contributed by atoms with Gasteiger partial charge in [0, 0.05) is 31.5 Å². The van der Waals surface area contributed by atoms with Crippen molar-refractivity contribution in [2.75, 3.05) is 11.9 Å². The van der Waals surface area contributed by atoms with Crippen LogP contribution in [0.2, 0.25) is 0 Å². The highest BCUT2D eigenvalue weighted by atomic mass is 15.1. The molecule has 0 aliphatic rings. The molecule has 0 saturated carbocycles. The second-order valence-corrected chi connectivity index (χ2v) is 4.22. The molecule has 0 amide bonds. The molecule has 4 heteroatoms. The van der Waals surface area contributed by atoms with Crippen LogP contribution in [0.1, 0.15) is 12.5 Å². The number of rotatable bonds is 6. The van der Waals surface area contributed by atoms with Gasteiger partial charge in [-0.2, -0.15) is 0 Å². The monoisotopic (exact) mass is 242 g/mol. The van der Waals surface area contributed by atoms with Gasteiger partial charge in [0.15, 0.2) is 0 Å². The summed E-state index contributed by atoms with van der Waals surface area (Å²) in [7, 11) is 0. The molecule has 0 radical (unpaired) electrons. The third-order valence-corrected chi connectivity index (χ3v) is 2.63. The summed E-state index contributed by atoms with van der Waals surface area (Å²) in [5.41, 5.74) is 1.29. The first kappa shape index (κ1) is 12.5. The first-order valence-corrected chi connectivity index (χ1v) is 6.13. The summed E-state index contributed by atoms with van der Waals surface area (Å²) in [6.07, 6.45) is 3.47. The van der Waals surface area contributed by atoms with Gasteiger partial charge in [0.05, 0.1) is 0 Å². The van der Waals surface area contributed by atoms with Gasteiger partial charge in [-0.3, -0.25) is 0 Å². The summed E-state index contributed by atoms with van der Waals surface area (Å²) in [5, 5.41) is 6.65. The standard InChI is InChI=1S/C14H18N4/c1-12(10-18-14-15-8-5-9-16-14)17-11-13-6-3-2-4-7-13/h2-9,12,17H,10-11H2,1H3,(H,15,16,18). The Kier molecular flexibility index (Phi) is 4.67. The Labute approximate surface area is 107 Å². The van der Waals surface area contributed by atoms with Crippen molar-refractivity contribution in [1.29, 1.82) is 0 Å². The highest BCUT2D eigenvalue weighted by Crippen LogP contribution is 1.99. The van der Waals surface area contributed by atoms with Crippen LogP contribution in [0.25, 0.3) is 0 Å². The Bertz CT molecular complexity index is 400. The lowest BCUT2D eigenvalue weighted by atomic mass is 10.2. The van der Waals surface area contributed by atoms with Crippen LogP contribution >= 0.6 is 0 Å². The van der Waals surface area contributed by atoms with Crippen LogP contribution in [0.5, 0.6) is 0 Å². The Morgan fingerprint density at radius 3 is 2.50 bits per heavy atom. The van der Waals surface area contributed by atoms with E-state index < -0.39 is 0 Å². The Morgan fingerprint density at radius 1 is 1.06 bits per heavy atom. The van der Waals surface area contributed by atoms with Crippen molar-refractivity contribution in [2.24, 2.45) is 0 Å². The van der Waals surface area contributed by atoms with Gasteiger partial charge in [-0.25, -0.2) is 9.97 Å². The minimum absolute atomic E-state index is 0.356. The molecule has 1 atom stereocenters. The number of anilines is 1. The highest BCUT2D eigenvalue weighted by molar-refractivity contribution is 5.22. The van der Waals surface area contributed by atoms with Crippen molar-refractivity contribution >= 4 is 5.95 Å². The summed E-state index contributed by atoms with van der Waals surface area (Å²) in [6.45, 7) is 3.81. The number of hydrogen-bond acceptors (Lipinski definition) is 4. The third-order valence-electron chi connectivity index (χ3n) is 2.63. The molecule has 0 aliphatic heterocycles. The molecule has 1 unspecified atom stereocenters. The number of hydrogen-bond donors (Lipinski definition) is 2. The van der Waals surface area contributed by atoms with Crippen LogP contribution < -0.4 is 10.6 Å². The van der Waals surface area contributed by atoms with E-state index in [4.69, 9.17) is 0 Å². The van der Waals surface area contributed by atoms with E-state index in [1.165, 1.54) is 5.56 Å². The summed E-state index contributed by atoms with van der Waals surface area (Å²) < 4.78 is 0. The van der Waals surface area contributed by atoms with Crippen LogP contribution in [0.15, 0.2) is 48.8 Å². The molecular weight excluding hydrogens is 224 g/mol. The van der Waals surface area contributed by atoms with E-state index >= 15 is 0 Å². The maximum Gasteiger partial charge on any atom is 0.222 e. The highest BCUT2D eigenvalue weighted by Gasteiger charge is 2.02. The lowest BCUT2D eigenvalue weighted by Gasteiger charge is -2.14. The average molecular weight is 242 g/mol. The van der Waals surface area contributed by atoms with Gasteiger partial charge in [0.1, 0.15) is 0 Å². The maximum atomic E-state index is 4.12. The van der Waals surface area contributed by atoms with E-state index in [9.17, 15) is 0 Å². The molecule has 4 nitrogen and oxygen atoms in total. The lowest BCUT2D eigenvalue weighted by molar-refractivity contribution is 0.567. The molecule has 18 heavy (non-hydrogen) atoms. The second-order valence-electron chi connectivity index (χ2n) is 4.22. The fraction of sp³-hybridized carbons (Fsp3) is 0.286. The van der Waals surface area contributed by atoms with Crippen molar-refractivity contribution in [3.8, 4) is 0 Å². The fourth-order valence-corrected chi connectivity index (χ4v) is 1.59. The Morgan fingerprint density at radius 2 is 1.78 bits per heavy atom. The van der Waals surface area contributed by atoms with Crippen molar-refractivity contribution in [3.05, 3.63) is 54.4 Å². The van der Waals surface area contributed by atoms with E-state index in [0.29, 0.717) is 12.0 Å². The normalized spacial score (nSPS) is 12.1. The summed E-state index contributed by atoms with van der Waals surface area (Å²) in [5.74, 6) is 0.672. The van der Waals surface area contributed by atoms with E-state index in [-0.39, 0.29) is 0 Å². The summed E-state index contributed by atoms with van der Waals surface area (Å²) in [4.78, 5) is 8.24. The zero-order valence-electron chi connectivity index (χ0n) is 10.5. The van der Waals surface area contributed by atoms with Crippen LogP contribution in [0, 0.1) is 0 Å². The molecule has 0 aliphatic carbocycles. The van der Waals surface area contributed by atoms with E-state index in [0.717, 1.165) is 13.1 Å². The van der Waals surface area contributed by atoms with Crippen molar-refractivity contribution in [1.82, 2.24) is 15.3 Å². The molecular formula is C14H18N4. The maximum absolute atomic E-state index is 4.12. The molecule has 0 fully saturated rings. The van der Waals surface area contributed by atoms with Gasteiger partial charge in [0.25, 0.3) is 0 Å². The van der Waals surface area contributed by atoms with Gasteiger partial charge in [-0.15, -0.1) is 0 Å². The molecule has 0 bridgehead atoms.